The quantitative estimate of drug-likeness (QED) is 0.608. The molecule has 2 rings (SSSR count). The van der Waals surface area contributed by atoms with Gasteiger partial charge in [0.05, 0.1) is 36.1 Å². The number of rotatable bonds is 7. The van der Waals surface area contributed by atoms with Crippen molar-refractivity contribution in [2.75, 3.05) is 13.7 Å². The molecule has 0 aliphatic heterocycles. The summed E-state index contributed by atoms with van der Waals surface area (Å²) in [6.45, 7) is 3.31. The fourth-order valence-electron chi connectivity index (χ4n) is 2.37. The second-order valence-electron chi connectivity index (χ2n) is 4.94. The van der Waals surface area contributed by atoms with Crippen molar-refractivity contribution < 1.29 is 4.74 Å². The molecule has 1 atom stereocenters. The van der Waals surface area contributed by atoms with E-state index in [1.807, 2.05) is 16.8 Å². The molecule has 6 heteroatoms. The first-order valence-corrected chi connectivity index (χ1v) is 7.26. The summed E-state index contributed by atoms with van der Waals surface area (Å²) in [4.78, 5) is 0. The molecule has 2 aromatic rings. The molecule has 0 spiro atoms. The Morgan fingerprint density at radius 1 is 1.43 bits per heavy atom. The number of aryl methyl sites for hydroxylation is 1. The van der Waals surface area contributed by atoms with E-state index in [0.717, 1.165) is 12.1 Å². The Hall–Kier alpha value is -1.40. The van der Waals surface area contributed by atoms with Crippen LogP contribution in [0.15, 0.2) is 30.5 Å². The zero-order valence-corrected chi connectivity index (χ0v) is 13.1. The first kappa shape index (κ1) is 16.0. The van der Waals surface area contributed by atoms with Crippen molar-refractivity contribution in [1.82, 2.24) is 15.2 Å². The van der Waals surface area contributed by atoms with Crippen LogP contribution in [0.2, 0.25) is 5.02 Å². The average Bonchev–Trinajstić information content (AvgIpc) is 2.85. The van der Waals surface area contributed by atoms with Crippen molar-refractivity contribution >= 4 is 11.6 Å². The number of hydrazine groups is 1. The summed E-state index contributed by atoms with van der Waals surface area (Å²) in [5, 5.41) is 4.91. The van der Waals surface area contributed by atoms with Gasteiger partial charge in [0.1, 0.15) is 0 Å². The van der Waals surface area contributed by atoms with Crippen molar-refractivity contribution in [1.29, 1.82) is 0 Å². The molecule has 0 saturated carbocycles. The summed E-state index contributed by atoms with van der Waals surface area (Å²) in [6.07, 6.45) is 2.40. The van der Waals surface area contributed by atoms with Crippen LogP contribution in [-0.2, 0) is 17.7 Å². The van der Waals surface area contributed by atoms with E-state index < -0.39 is 0 Å². The highest BCUT2D eigenvalue weighted by atomic mass is 35.5. The maximum absolute atomic E-state index is 6.28. The SMILES string of the molecule is COCCn1ncc(Cl)c1C(Cc1ccccc1C)NN. The van der Waals surface area contributed by atoms with Crippen LogP contribution in [0, 0.1) is 6.92 Å². The molecule has 5 nitrogen and oxygen atoms in total. The fraction of sp³-hybridized carbons (Fsp3) is 0.400. The Kier molecular flexibility index (Phi) is 5.76. The molecule has 1 unspecified atom stereocenters. The largest absolute Gasteiger partial charge is 0.383 e. The van der Waals surface area contributed by atoms with E-state index in [9.17, 15) is 0 Å². The van der Waals surface area contributed by atoms with Crippen LogP contribution in [0.5, 0.6) is 0 Å². The number of nitrogens with one attached hydrogen (secondary N) is 1. The van der Waals surface area contributed by atoms with Gasteiger partial charge in [0.15, 0.2) is 0 Å². The van der Waals surface area contributed by atoms with Crippen LogP contribution in [0.1, 0.15) is 22.9 Å². The van der Waals surface area contributed by atoms with Crippen LogP contribution in [-0.4, -0.2) is 23.5 Å². The lowest BCUT2D eigenvalue weighted by molar-refractivity contribution is 0.181. The van der Waals surface area contributed by atoms with Crippen LogP contribution < -0.4 is 11.3 Å². The maximum Gasteiger partial charge on any atom is 0.0834 e. The summed E-state index contributed by atoms with van der Waals surface area (Å²) < 4.78 is 6.95. The Morgan fingerprint density at radius 3 is 2.86 bits per heavy atom. The minimum absolute atomic E-state index is 0.0991. The zero-order chi connectivity index (χ0) is 15.2. The van der Waals surface area contributed by atoms with Crippen molar-refractivity contribution in [3.8, 4) is 0 Å². The average molecular weight is 309 g/mol. The topological polar surface area (TPSA) is 65.1 Å². The molecular weight excluding hydrogens is 288 g/mol. The molecule has 3 N–H and O–H groups in total. The van der Waals surface area contributed by atoms with E-state index in [2.05, 4.69) is 29.6 Å². The molecule has 0 aliphatic rings. The van der Waals surface area contributed by atoms with Gasteiger partial charge in [0, 0.05) is 7.11 Å². The maximum atomic E-state index is 6.28. The molecule has 114 valence electrons. The van der Waals surface area contributed by atoms with E-state index in [0.29, 0.717) is 18.2 Å². The molecule has 0 fully saturated rings. The number of nitrogens with zero attached hydrogens (tertiary/aromatic N) is 2. The highest BCUT2D eigenvalue weighted by Gasteiger charge is 2.20. The van der Waals surface area contributed by atoms with Gasteiger partial charge < -0.3 is 4.74 Å². The third kappa shape index (κ3) is 3.83. The molecule has 0 saturated heterocycles. The molecule has 0 aliphatic carbocycles. The van der Waals surface area contributed by atoms with E-state index in [4.69, 9.17) is 22.2 Å². The number of methoxy groups -OCH3 is 1. The van der Waals surface area contributed by atoms with E-state index >= 15 is 0 Å². The first-order chi connectivity index (χ1) is 10.2. The third-order valence-corrected chi connectivity index (χ3v) is 3.85. The second kappa shape index (κ2) is 7.56. The van der Waals surface area contributed by atoms with Crippen LogP contribution in [0.25, 0.3) is 0 Å². The molecule has 0 amide bonds. The molecule has 0 radical (unpaired) electrons. The standard InChI is InChI=1S/C15H21ClN4O/c1-11-5-3-4-6-12(11)9-14(19-17)15-13(16)10-18-20(15)7-8-21-2/h3-6,10,14,19H,7-9,17H2,1-2H3. The van der Waals surface area contributed by atoms with Crippen molar-refractivity contribution in [2.24, 2.45) is 5.84 Å². The minimum atomic E-state index is -0.0991. The lowest BCUT2D eigenvalue weighted by atomic mass is 9.99. The van der Waals surface area contributed by atoms with Crippen molar-refractivity contribution in [3.05, 3.63) is 52.3 Å². The van der Waals surface area contributed by atoms with Crippen molar-refractivity contribution in [2.45, 2.75) is 25.9 Å². The third-order valence-electron chi connectivity index (χ3n) is 3.56. The molecule has 1 heterocycles. The zero-order valence-electron chi connectivity index (χ0n) is 12.3. The Balaban J connectivity index is 2.25. The Morgan fingerprint density at radius 2 is 2.19 bits per heavy atom. The summed E-state index contributed by atoms with van der Waals surface area (Å²) >= 11 is 6.28. The summed E-state index contributed by atoms with van der Waals surface area (Å²) in [5.74, 6) is 5.75. The molecular formula is C15H21ClN4O. The summed E-state index contributed by atoms with van der Waals surface area (Å²) in [6, 6.07) is 8.15. The minimum Gasteiger partial charge on any atom is -0.383 e. The first-order valence-electron chi connectivity index (χ1n) is 6.88. The monoisotopic (exact) mass is 308 g/mol. The molecule has 1 aromatic heterocycles. The smallest absolute Gasteiger partial charge is 0.0834 e. The van der Waals surface area contributed by atoms with Gasteiger partial charge in [-0.15, -0.1) is 0 Å². The lowest BCUT2D eigenvalue weighted by Crippen LogP contribution is -2.32. The fourth-order valence-corrected chi connectivity index (χ4v) is 2.64. The second-order valence-corrected chi connectivity index (χ2v) is 5.35. The number of benzene rings is 1. The Bertz CT molecular complexity index is 585. The highest BCUT2D eigenvalue weighted by Crippen LogP contribution is 2.26. The van der Waals surface area contributed by atoms with E-state index in [-0.39, 0.29) is 6.04 Å². The van der Waals surface area contributed by atoms with Crippen molar-refractivity contribution in [3.63, 3.8) is 0 Å². The van der Waals surface area contributed by atoms with Gasteiger partial charge in [0.25, 0.3) is 0 Å². The van der Waals surface area contributed by atoms with Crippen LogP contribution in [0.3, 0.4) is 0 Å². The number of aromatic nitrogens is 2. The van der Waals surface area contributed by atoms with Crippen LogP contribution >= 0.6 is 11.6 Å². The van der Waals surface area contributed by atoms with E-state index in [1.165, 1.54) is 11.1 Å². The van der Waals surface area contributed by atoms with Gasteiger partial charge in [-0.05, 0) is 24.5 Å². The van der Waals surface area contributed by atoms with Gasteiger partial charge in [-0.2, -0.15) is 5.10 Å². The number of halogens is 1. The van der Waals surface area contributed by atoms with E-state index in [1.54, 1.807) is 13.3 Å². The lowest BCUT2D eigenvalue weighted by Gasteiger charge is -2.19. The molecule has 21 heavy (non-hydrogen) atoms. The predicted molar refractivity (Wildman–Crippen MR) is 84.1 cm³/mol. The van der Waals surface area contributed by atoms with Crippen LogP contribution in [0.4, 0.5) is 0 Å². The molecule has 0 bridgehead atoms. The normalized spacial score (nSPS) is 12.6. The predicted octanol–water partition coefficient (Wildman–Crippen LogP) is 2.24. The Labute approximate surface area is 130 Å². The summed E-state index contributed by atoms with van der Waals surface area (Å²) in [5.41, 5.74) is 6.21. The number of ether oxygens (including phenoxy) is 1. The number of hydrogen-bond acceptors (Lipinski definition) is 4. The van der Waals surface area contributed by atoms with Gasteiger partial charge in [-0.1, -0.05) is 35.9 Å². The van der Waals surface area contributed by atoms with Gasteiger partial charge >= 0.3 is 0 Å². The number of hydrogen-bond donors (Lipinski definition) is 2. The number of nitrogens with two attached hydrogens (primary N) is 1. The van der Waals surface area contributed by atoms with Gasteiger partial charge in [0.2, 0.25) is 0 Å². The summed E-state index contributed by atoms with van der Waals surface area (Å²) in [7, 11) is 1.66. The van der Waals surface area contributed by atoms with Gasteiger partial charge in [-0.3, -0.25) is 16.0 Å². The van der Waals surface area contributed by atoms with Gasteiger partial charge in [-0.25, -0.2) is 0 Å². The molecule has 1 aromatic carbocycles. The highest BCUT2D eigenvalue weighted by molar-refractivity contribution is 6.31.